The fourth-order valence-electron chi connectivity index (χ4n) is 4.28. The van der Waals surface area contributed by atoms with E-state index in [1.807, 2.05) is 10.4 Å². The largest absolute Gasteiger partial charge is 0.312 e. The van der Waals surface area contributed by atoms with Crippen LogP contribution < -0.4 is 5.32 Å². The minimum atomic E-state index is -2.93. The second-order valence-electron chi connectivity index (χ2n) is 7.55. The van der Waals surface area contributed by atoms with Crippen molar-refractivity contribution in [3.05, 3.63) is 35.9 Å². The fourth-order valence-corrected chi connectivity index (χ4v) is 5.42. The van der Waals surface area contributed by atoms with Crippen LogP contribution in [0.15, 0.2) is 30.3 Å². The van der Waals surface area contributed by atoms with E-state index < -0.39 is 10.4 Å². The molecule has 0 aliphatic carbocycles. The molecule has 4 atom stereocenters. The Kier molecular flexibility index (Phi) is 6.28. The average Bonchev–Trinajstić information content (AvgIpc) is 2.61. The van der Waals surface area contributed by atoms with Gasteiger partial charge in [-0.05, 0) is 35.1 Å². The van der Waals surface area contributed by atoms with E-state index in [1.165, 1.54) is 24.7 Å². The normalized spacial score (nSPS) is 31.6. The lowest BCUT2D eigenvalue weighted by Crippen LogP contribution is -2.64. The predicted molar refractivity (Wildman–Crippen MR) is 104 cm³/mol. The van der Waals surface area contributed by atoms with Gasteiger partial charge in [0.15, 0.2) is 6.26 Å². The highest BCUT2D eigenvalue weighted by molar-refractivity contribution is 7.94. The molecule has 140 valence electrons. The molecule has 5 nitrogen and oxygen atoms in total. The highest BCUT2D eigenvalue weighted by Gasteiger charge is 2.45. The van der Waals surface area contributed by atoms with Gasteiger partial charge >= 0.3 is 0 Å². The zero-order valence-electron chi connectivity index (χ0n) is 15.4. The smallest absolute Gasteiger partial charge is 0.288 e. The summed E-state index contributed by atoms with van der Waals surface area (Å²) in [4.78, 5) is 2.43. The summed E-state index contributed by atoms with van der Waals surface area (Å²) in [5.41, 5.74) is 1.30. The Morgan fingerprint density at radius 1 is 1.28 bits per heavy atom. The van der Waals surface area contributed by atoms with E-state index in [4.69, 9.17) is 0 Å². The van der Waals surface area contributed by atoms with Crippen LogP contribution in [0.2, 0.25) is 0 Å². The van der Waals surface area contributed by atoms with Crippen molar-refractivity contribution in [3.63, 3.8) is 0 Å². The first-order chi connectivity index (χ1) is 12.0. The number of benzene rings is 1. The van der Waals surface area contributed by atoms with Crippen LogP contribution in [0.25, 0.3) is 0 Å². The van der Waals surface area contributed by atoms with Gasteiger partial charge in [0, 0.05) is 25.7 Å². The Morgan fingerprint density at radius 2 is 2.04 bits per heavy atom. The van der Waals surface area contributed by atoms with Crippen LogP contribution in [0.3, 0.4) is 0 Å². The van der Waals surface area contributed by atoms with Gasteiger partial charge in [0.05, 0.1) is 12.6 Å². The van der Waals surface area contributed by atoms with Crippen molar-refractivity contribution in [2.24, 2.45) is 5.92 Å². The summed E-state index contributed by atoms with van der Waals surface area (Å²) in [6.45, 7) is 6.50. The molecular weight excluding hydrogens is 334 g/mol. The Balaban J connectivity index is 1.73. The maximum atomic E-state index is 12.4. The van der Waals surface area contributed by atoms with Crippen molar-refractivity contribution in [1.29, 1.82) is 0 Å². The van der Waals surface area contributed by atoms with Crippen LogP contribution >= 0.6 is 0 Å². The second kappa shape index (κ2) is 8.27. The first-order valence-electron chi connectivity index (χ1n) is 9.45. The van der Waals surface area contributed by atoms with E-state index >= 15 is 0 Å². The molecule has 0 radical (unpaired) electrons. The van der Waals surface area contributed by atoms with Gasteiger partial charge in [-0.1, -0.05) is 48.0 Å². The van der Waals surface area contributed by atoms with Crippen molar-refractivity contribution < 1.29 is 8.76 Å². The molecule has 2 aliphatic heterocycles. The molecule has 0 aromatic heterocycles. The Morgan fingerprint density at radius 3 is 2.72 bits per heavy atom. The molecule has 2 heterocycles. The Bertz CT molecular complexity index is 592. The number of rotatable bonds is 5. The quantitative estimate of drug-likeness (QED) is 0.786. The lowest BCUT2D eigenvalue weighted by Gasteiger charge is -2.44. The molecule has 0 spiro atoms. The molecule has 2 saturated heterocycles. The van der Waals surface area contributed by atoms with Gasteiger partial charge in [0.2, 0.25) is 0 Å². The van der Waals surface area contributed by atoms with Crippen LogP contribution in [0.5, 0.6) is 0 Å². The molecule has 0 saturated carbocycles. The molecule has 4 unspecified atom stereocenters. The number of hydrogen-bond donors (Lipinski definition) is 2. The van der Waals surface area contributed by atoms with E-state index in [9.17, 15) is 8.76 Å². The summed E-state index contributed by atoms with van der Waals surface area (Å²) in [6.07, 6.45) is 4.98. The average molecular weight is 367 g/mol. The maximum absolute atomic E-state index is 12.4. The van der Waals surface area contributed by atoms with Crippen molar-refractivity contribution in [3.8, 4) is 0 Å². The van der Waals surface area contributed by atoms with Crippen molar-refractivity contribution in [1.82, 2.24) is 14.5 Å². The predicted octanol–water partition coefficient (Wildman–Crippen LogP) is 2.47. The first-order valence-corrected chi connectivity index (χ1v) is 11.3. The number of nitrogens with one attached hydrogen (secondary N) is 1. The highest BCUT2D eigenvalue weighted by Crippen LogP contribution is 2.27. The molecule has 2 fully saturated rings. The molecule has 0 bridgehead atoms. The van der Waals surface area contributed by atoms with Crippen molar-refractivity contribution in [2.45, 2.75) is 44.8 Å². The number of piperidine rings is 1. The lowest BCUT2D eigenvalue weighted by molar-refractivity contribution is 0.0844. The van der Waals surface area contributed by atoms with E-state index in [-0.39, 0.29) is 6.04 Å². The topological polar surface area (TPSA) is 55.8 Å². The number of nitrogens with zero attached hydrogens (tertiary/aromatic N) is 2. The summed E-state index contributed by atoms with van der Waals surface area (Å²) in [5.74, 6) is 0.726. The Hall–Kier alpha value is -0.790. The standard InChI is InChI=1S/C19H31N3O2S/c1-3-16-9-10-20-18(13-16)19-15-21(11-12-22(19)25(2,23)24)14-17-7-5-4-6-8-17/h4-8,16,18-20H,3,9-15H2,1-2H3/p+1. The zero-order valence-corrected chi connectivity index (χ0v) is 16.3. The molecule has 6 heteroatoms. The van der Waals surface area contributed by atoms with Gasteiger partial charge in [0.1, 0.15) is 0 Å². The maximum Gasteiger partial charge on any atom is 0.288 e. The Labute approximate surface area is 153 Å². The van der Waals surface area contributed by atoms with Crippen LogP contribution in [0, 0.1) is 5.92 Å². The fraction of sp³-hybridized carbons (Fsp3) is 0.684. The third-order valence-corrected chi connectivity index (χ3v) is 7.05. The second-order valence-corrected chi connectivity index (χ2v) is 9.54. The number of hydrogen-bond acceptors (Lipinski definition) is 3. The summed E-state index contributed by atoms with van der Waals surface area (Å²) in [5, 5.41) is 3.63. The van der Waals surface area contributed by atoms with E-state index in [2.05, 4.69) is 41.4 Å². The molecule has 1 aromatic rings. The minimum Gasteiger partial charge on any atom is -0.312 e. The van der Waals surface area contributed by atoms with E-state index in [0.717, 1.165) is 38.5 Å². The van der Waals surface area contributed by atoms with Crippen molar-refractivity contribution in [2.75, 3.05) is 32.4 Å². The molecule has 2 N–H and O–H groups in total. The summed E-state index contributed by atoms with van der Waals surface area (Å²) >= 11 is 0. The lowest BCUT2D eigenvalue weighted by atomic mass is 9.86. The first kappa shape index (κ1) is 19.0. The van der Waals surface area contributed by atoms with E-state index in [1.54, 1.807) is 0 Å². The molecule has 0 amide bonds. The molecule has 1 aromatic carbocycles. The molecule has 3 rings (SSSR count). The number of piperazine rings is 1. The van der Waals surface area contributed by atoms with Gasteiger partial charge in [-0.15, -0.1) is 0 Å². The zero-order chi connectivity index (χ0) is 17.9. The molecule has 25 heavy (non-hydrogen) atoms. The minimum absolute atomic E-state index is 0.0920. The monoisotopic (exact) mass is 366 g/mol. The van der Waals surface area contributed by atoms with Crippen LogP contribution in [0.1, 0.15) is 31.7 Å². The van der Waals surface area contributed by atoms with Crippen LogP contribution in [-0.2, 0) is 21.2 Å². The molecular formula is C19H32N3O2S+. The third kappa shape index (κ3) is 4.89. The van der Waals surface area contributed by atoms with Crippen LogP contribution in [-0.4, -0.2) is 58.3 Å². The summed E-state index contributed by atoms with van der Waals surface area (Å²) < 4.78 is 24.5. The summed E-state index contributed by atoms with van der Waals surface area (Å²) in [6, 6.07) is 10.9. The SMILES string of the molecule is CCC1CCNC(C2CN(Cc3ccccc3)CCN2[S+](C)(=O)O)C1. The summed E-state index contributed by atoms with van der Waals surface area (Å²) in [7, 11) is -2.93. The highest BCUT2D eigenvalue weighted by atomic mass is 32.3. The van der Waals surface area contributed by atoms with Gasteiger partial charge in [-0.3, -0.25) is 4.90 Å². The van der Waals surface area contributed by atoms with Crippen LogP contribution in [0.4, 0.5) is 0 Å². The molecule has 2 aliphatic rings. The van der Waals surface area contributed by atoms with Crippen molar-refractivity contribution >= 4 is 10.4 Å². The van der Waals surface area contributed by atoms with E-state index in [0.29, 0.717) is 12.6 Å². The third-order valence-electron chi connectivity index (χ3n) is 5.72. The van der Waals surface area contributed by atoms with Gasteiger partial charge < -0.3 is 5.32 Å². The van der Waals surface area contributed by atoms with Gasteiger partial charge in [-0.2, -0.15) is 4.55 Å². The van der Waals surface area contributed by atoms with Gasteiger partial charge in [-0.25, -0.2) is 0 Å². The van der Waals surface area contributed by atoms with Gasteiger partial charge in [0.25, 0.3) is 10.4 Å².